The Balaban J connectivity index is 1.73. The van der Waals surface area contributed by atoms with Crippen LogP contribution in [-0.4, -0.2) is 33.0 Å². The highest BCUT2D eigenvalue weighted by atomic mass is 32.2. The molecular weight excluding hydrogens is 316 g/mol. The molecule has 5 nitrogen and oxygen atoms in total. The number of rotatable bonds is 4. The van der Waals surface area contributed by atoms with Crippen LogP contribution in [0, 0.1) is 0 Å². The van der Waals surface area contributed by atoms with Gasteiger partial charge < -0.3 is 4.90 Å². The number of anilines is 1. The quantitative estimate of drug-likeness (QED) is 0.689. The average molecular weight is 332 g/mol. The summed E-state index contributed by atoms with van der Waals surface area (Å²) < 4.78 is 3.75. The summed E-state index contributed by atoms with van der Waals surface area (Å²) in [6.45, 7) is 1.91. The van der Waals surface area contributed by atoms with E-state index >= 15 is 0 Å². The molecule has 1 amide bonds. The van der Waals surface area contributed by atoms with Crippen LogP contribution in [0.15, 0.2) is 41.0 Å². The van der Waals surface area contributed by atoms with Crippen molar-refractivity contribution in [3.63, 3.8) is 0 Å². The standard InChI is InChI=1S/C15H16N4OS2/c1-10(14(20)19(3)11-8-16-18(2)9-11)21-15-17-12-6-4-5-7-13(12)22-15/h4-10H,1-3H3/t10-/m0/s1. The van der Waals surface area contributed by atoms with Gasteiger partial charge in [0.25, 0.3) is 0 Å². The molecule has 7 heteroatoms. The summed E-state index contributed by atoms with van der Waals surface area (Å²) in [5, 5.41) is 3.89. The minimum atomic E-state index is -0.203. The van der Waals surface area contributed by atoms with Gasteiger partial charge in [-0.3, -0.25) is 9.48 Å². The Morgan fingerprint density at radius 1 is 1.41 bits per heavy atom. The van der Waals surface area contributed by atoms with E-state index in [0.717, 1.165) is 20.2 Å². The molecule has 22 heavy (non-hydrogen) atoms. The number of hydrogen-bond acceptors (Lipinski definition) is 5. The van der Waals surface area contributed by atoms with Gasteiger partial charge in [0, 0.05) is 20.3 Å². The molecule has 0 saturated heterocycles. The maximum absolute atomic E-state index is 12.5. The summed E-state index contributed by atoms with van der Waals surface area (Å²) in [5.74, 6) is 0.0391. The van der Waals surface area contributed by atoms with Crippen molar-refractivity contribution in [2.45, 2.75) is 16.5 Å². The predicted octanol–water partition coefficient (Wildman–Crippen LogP) is 3.17. The fourth-order valence-corrected chi connectivity index (χ4v) is 4.39. The van der Waals surface area contributed by atoms with Crippen molar-refractivity contribution in [1.29, 1.82) is 0 Å². The van der Waals surface area contributed by atoms with Crippen molar-refractivity contribution in [1.82, 2.24) is 14.8 Å². The fraction of sp³-hybridized carbons (Fsp3) is 0.267. The van der Waals surface area contributed by atoms with Crippen LogP contribution in [0.25, 0.3) is 10.2 Å². The molecule has 0 fully saturated rings. The molecule has 3 aromatic rings. The number of benzene rings is 1. The van der Waals surface area contributed by atoms with Crippen LogP contribution in [0.3, 0.4) is 0 Å². The Morgan fingerprint density at radius 2 is 2.18 bits per heavy atom. The molecule has 0 radical (unpaired) electrons. The van der Waals surface area contributed by atoms with Gasteiger partial charge in [0.15, 0.2) is 4.34 Å². The third kappa shape index (κ3) is 3.00. The molecule has 0 bridgehead atoms. The Kier molecular flexibility index (Phi) is 4.17. The van der Waals surface area contributed by atoms with Crippen molar-refractivity contribution in [2.75, 3.05) is 11.9 Å². The first-order valence-electron chi connectivity index (χ1n) is 6.83. The lowest BCUT2D eigenvalue weighted by atomic mass is 10.3. The molecule has 2 heterocycles. The normalized spacial score (nSPS) is 12.5. The summed E-state index contributed by atoms with van der Waals surface area (Å²) >= 11 is 3.12. The molecule has 0 spiro atoms. The number of hydrogen-bond donors (Lipinski definition) is 0. The zero-order chi connectivity index (χ0) is 15.7. The number of thiazole rings is 1. The second-order valence-electron chi connectivity index (χ2n) is 4.98. The van der Waals surface area contributed by atoms with Crippen LogP contribution in [0.4, 0.5) is 5.69 Å². The monoisotopic (exact) mass is 332 g/mol. The number of aryl methyl sites for hydroxylation is 1. The van der Waals surface area contributed by atoms with E-state index in [1.807, 2.05) is 44.4 Å². The van der Waals surface area contributed by atoms with Gasteiger partial charge in [0.1, 0.15) is 0 Å². The van der Waals surface area contributed by atoms with E-state index in [-0.39, 0.29) is 11.2 Å². The molecule has 0 aliphatic carbocycles. The molecule has 0 aliphatic heterocycles. The first-order chi connectivity index (χ1) is 10.5. The number of aromatic nitrogens is 3. The molecule has 0 N–H and O–H groups in total. The van der Waals surface area contributed by atoms with E-state index in [4.69, 9.17) is 0 Å². The number of carbonyl (C=O) groups excluding carboxylic acids is 1. The topological polar surface area (TPSA) is 51.0 Å². The van der Waals surface area contributed by atoms with Gasteiger partial charge in [-0.25, -0.2) is 4.98 Å². The maximum Gasteiger partial charge on any atom is 0.240 e. The minimum Gasteiger partial charge on any atom is -0.312 e. The van der Waals surface area contributed by atoms with Crippen molar-refractivity contribution >= 4 is 44.9 Å². The lowest BCUT2D eigenvalue weighted by Crippen LogP contribution is -2.32. The minimum absolute atomic E-state index is 0.0391. The summed E-state index contributed by atoms with van der Waals surface area (Å²) in [7, 11) is 3.61. The Hall–Kier alpha value is -1.86. The molecule has 2 aromatic heterocycles. The fourth-order valence-electron chi connectivity index (χ4n) is 2.08. The van der Waals surface area contributed by atoms with E-state index in [1.165, 1.54) is 11.8 Å². The Bertz CT molecular complexity index is 778. The van der Waals surface area contributed by atoms with Crippen LogP contribution in [0.5, 0.6) is 0 Å². The van der Waals surface area contributed by atoms with Gasteiger partial charge >= 0.3 is 0 Å². The third-order valence-corrected chi connectivity index (χ3v) is 5.53. The van der Waals surface area contributed by atoms with Gasteiger partial charge in [-0.2, -0.15) is 5.10 Å². The highest BCUT2D eigenvalue weighted by Gasteiger charge is 2.22. The molecule has 1 atom stereocenters. The molecule has 0 aliphatic rings. The average Bonchev–Trinajstić information content (AvgIpc) is 3.11. The zero-order valence-corrected chi connectivity index (χ0v) is 14.2. The van der Waals surface area contributed by atoms with Crippen LogP contribution < -0.4 is 4.90 Å². The maximum atomic E-state index is 12.5. The van der Waals surface area contributed by atoms with Crippen LogP contribution in [-0.2, 0) is 11.8 Å². The van der Waals surface area contributed by atoms with Crippen molar-refractivity contribution in [2.24, 2.45) is 7.05 Å². The predicted molar refractivity (Wildman–Crippen MR) is 91.6 cm³/mol. The molecule has 0 unspecified atom stereocenters. The molecule has 114 valence electrons. The van der Waals surface area contributed by atoms with E-state index in [1.54, 1.807) is 34.2 Å². The van der Waals surface area contributed by atoms with E-state index < -0.39 is 0 Å². The number of nitrogens with zero attached hydrogens (tertiary/aromatic N) is 4. The highest BCUT2D eigenvalue weighted by Crippen LogP contribution is 2.32. The number of thioether (sulfide) groups is 1. The van der Waals surface area contributed by atoms with Crippen LogP contribution in [0.1, 0.15) is 6.92 Å². The smallest absolute Gasteiger partial charge is 0.240 e. The second-order valence-corrected chi connectivity index (χ2v) is 7.60. The summed E-state index contributed by atoms with van der Waals surface area (Å²) in [5.41, 5.74) is 1.78. The first kappa shape index (κ1) is 15.1. The molecule has 3 rings (SSSR count). The zero-order valence-electron chi connectivity index (χ0n) is 12.6. The van der Waals surface area contributed by atoms with Gasteiger partial charge in [0.2, 0.25) is 5.91 Å². The van der Waals surface area contributed by atoms with Gasteiger partial charge in [0.05, 0.1) is 27.4 Å². The van der Waals surface area contributed by atoms with E-state index in [0.29, 0.717) is 0 Å². The number of fused-ring (bicyclic) bond motifs is 1. The Labute approximate surface area is 137 Å². The van der Waals surface area contributed by atoms with Crippen molar-refractivity contribution < 1.29 is 4.79 Å². The lowest BCUT2D eigenvalue weighted by molar-refractivity contribution is -0.117. The largest absolute Gasteiger partial charge is 0.312 e. The van der Waals surface area contributed by atoms with Gasteiger partial charge in [-0.15, -0.1) is 11.3 Å². The van der Waals surface area contributed by atoms with Crippen LogP contribution in [0.2, 0.25) is 0 Å². The van der Waals surface area contributed by atoms with Crippen molar-refractivity contribution in [3.05, 3.63) is 36.7 Å². The highest BCUT2D eigenvalue weighted by molar-refractivity contribution is 8.02. The summed E-state index contributed by atoms with van der Waals surface area (Å²) in [6.07, 6.45) is 3.51. The second kappa shape index (κ2) is 6.10. The number of carbonyl (C=O) groups is 1. The van der Waals surface area contributed by atoms with Crippen LogP contribution >= 0.6 is 23.1 Å². The molecule has 1 aromatic carbocycles. The lowest BCUT2D eigenvalue weighted by Gasteiger charge is -2.18. The van der Waals surface area contributed by atoms with E-state index in [2.05, 4.69) is 10.1 Å². The Morgan fingerprint density at radius 3 is 2.86 bits per heavy atom. The number of para-hydroxylation sites is 1. The van der Waals surface area contributed by atoms with Crippen molar-refractivity contribution in [3.8, 4) is 0 Å². The number of amides is 1. The van der Waals surface area contributed by atoms with Gasteiger partial charge in [-0.1, -0.05) is 23.9 Å². The SMILES string of the molecule is C[C@H](Sc1nc2ccccc2s1)C(=O)N(C)c1cnn(C)c1. The molecular formula is C15H16N4OS2. The van der Waals surface area contributed by atoms with Gasteiger partial charge in [-0.05, 0) is 19.1 Å². The van der Waals surface area contributed by atoms with E-state index in [9.17, 15) is 4.79 Å². The summed E-state index contributed by atoms with van der Waals surface area (Å²) in [6, 6.07) is 8.01. The third-order valence-electron chi connectivity index (χ3n) is 3.31. The molecule has 0 saturated carbocycles. The summed E-state index contributed by atoms with van der Waals surface area (Å²) in [4.78, 5) is 18.7. The first-order valence-corrected chi connectivity index (χ1v) is 8.52.